The summed E-state index contributed by atoms with van der Waals surface area (Å²) < 4.78 is 22.5. The molecule has 0 aliphatic rings. The van der Waals surface area contributed by atoms with Crippen molar-refractivity contribution in [1.82, 2.24) is 31.4 Å². The quantitative estimate of drug-likeness (QED) is 0.00564. The van der Waals surface area contributed by atoms with Gasteiger partial charge < -0.3 is 39.6 Å². The van der Waals surface area contributed by atoms with Crippen LogP contribution < -0.4 is 26.0 Å². The molecule has 2 aromatic heterocycles. The third-order valence-electron chi connectivity index (χ3n) is 12.1. The van der Waals surface area contributed by atoms with Crippen LogP contribution in [0.5, 0.6) is 5.75 Å². The van der Waals surface area contributed by atoms with E-state index in [1.807, 2.05) is 13.8 Å². The summed E-state index contributed by atoms with van der Waals surface area (Å²) in [5.41, 5.74) is 2.12. The Morgan fingerprint density at radius 2 is 1.07 bits per heavy atom. The number of esters is 2. The average Bonchev–Trinajstić information content (AvgIpc) is 4.08. The molecule has 0 saturated heterocycles. The maximum absolute atomic E-state index is 13.1. The number of hydrogen-bond acceptors (Lipinski definition) is 14. The summed E-state index contributed by atoms with van der Waals surface area (Å²) in [4.78, 5) is 100. The van der Waals surface area contributed by atoms with Crippen molar-refractivity contribution >= 4 is 48.4 Å². The minimum absolute atomic E-state index is 0.0139. The molecule has 6 N–H and O–H groups in total. The maximum Gasteiger partial charge on any atom is 0.318 e. The van der Waals surface area contributed by atoms with Crippen molar-refractivity contribution in [2.75, 3.05) is 19.9 Å². The summed E-state index contributed by atoms with van der Waals surface area (Å²) in [5.74, 6) is -3.99. The van der Waals surface area contributed by atoms with Gasteiger partial charge in [-0.05, 0) is 68.5 Å². The molecule has 390 valence electrons. The van der Waals surface area contributed by atoms with Crippen molar-refractivity contribution in [1.29, 1.82) is 0 Å². The van der Waals surface area contributed by atoms with Crippen molar-refractivity contribution < 1.29 is 67.1 Å². The van der Waals surface area contributed by atoms with Crippen LogP contribution in [0.2, 0.25) is 0 Å². The smallest absolute Gasteiger partial charge is 0.318 e. The number of amides is 6. The lowest BCUT2D eigenvalue weighted by atomic mass is 9.90. The highest BCUT2D eigenvalue weighted by Gasteiger charge is 2.32. The Bertz CT molecular complexity index is 2420. The molecular weight excluding hydrogens is 933 g/mol. The molecule has 20 nitrogen and oxygen atoms in total. The van der Waals surface area contributed by atoms with Gasteiger partial charge in [-0.2, -0.15) is 0 Å². The van der Waals surface area contributed by atoms with Gasteiger partial charge in [-0.3, -0.25) is 48.8 Å². The summed E-state index contributed by atoms with van der Waals surface area (Å²) in [6.45, 7) is 9.17. The van der Waals surface area contributed by atoms with Gasteiger partial charge in [0.2, 0.25) is 24.6 Å². The lowest BCUT2D eigenvalue weighted by molar-refractivity contribution is -0.169. The van der Waals surface area contributed by atoms with Crippen LogP contribution in [0.4, 0.5) is 0 Å². The zero-order valence-corrected chi connectivity index (χ0v) is 41.6. The summed E-state index contributed by atoms with van der Waals surface area (Å²) in [6, 6.07) is 16.3. The first-order valence-electron chi connectivity index (χ1n) is 24.5. The highest BCUT2D eigenvalue weighted by Crippen LogP contribution is 2.30. The molecule has 0 aliphatic carbocycles. The SMILES string of the molecule is CCCCC[C@@H](C(=O)NCNC(=O)c1ccc(-c2ccc(CC(=O)OC(=O)Cc3ccc(-c4ccc(C(=O)NCNC(=O)[C@H](CCCCC)[C@@H](CC)N(O)C=O)o4)cc3OCC)cc2)o1)[C@@H](CC)N(O)C=O. The van der Waals surface area contributed by atoms with Crippen molar-refractivity contribution in [2.24, 2.45) is 11.8 Å². The van der Waals surface area contributed by atoms with Crippen molar-refractivity contribution in [3.05, 3.63) is 89.4 Å². The number of unbranched alkanes of at least 4 members (excludes halogenated alkanes) is 4. The molecule has 0 saturated carbocycles. The van der Waals surface area contributed by atoms with Gasteiger partial charge in [0.05, 0.1) is 56.7 Å². The Morgan fingerprint density at radius 3 is 1.53 bits per heavy atom. The largest absolute Gasteiger partial charge is 0.494 e. The highest BCUT2D eigenvalue weighted by molar-refractivity contribution is 5.93. The highest BCUT2D eigenvalue weighted by atomic mass is 16.6. The number of carbonyl (C=O) groups excluding carboxylic acids is 8. The van der Waals surface area contributed by atoms with Gasteiger partial charge in [0.1, 0.15) is 17.3 Å². The molecule has 2 aromatic carbocycles. The minimum atomic E-state index is -0.808. The lowest BCUT2D eigenvalue weighted by Crippen LogP contribution is -2.47. The van der Waals surface area contributed by atoms with Crippen LogP contribution in [-0.2, 0) is 46.3 Å². The fourth-order valence-corrected chi connectivity index (χ4v) is 8.23. The van der Waals surface area contributed by atoms with Crippen molar-refractivity contribution in [3.8, 4) is 28.4 Å². The normalized spacial score (nSPS) is 12.6. The van der Waals surface area contributed by atoms with E-state index in [-0.39, 0.29) is 57.1 Å². The second-order valence-electron chi connectivity index (χ2n) is 17.1. The van der Waals surface area contributed by atoms with Crippen LogP contribution in [0, 0.1) is 11.8 Å². The molecule has 0 fully saturated rings. The van der Waals surface area contributed by atoms with Crippen LogP contribution in [0.15, 0.2) is 75.6 Å². The number of ether oxygens (including phenoxy) is 2. The van der Waals surface area contributed by atoms with Gasteiger partial charge in [0.25, 0.3) is 11.8 Å². The number of nitrogens with zero attached hydrogens (tertiary/aromatic N) is 2. The molecule has 0 spiro atoms. The number of rotatable bonds is 32. The van der Waals surface area contributed by atoms with Crippen LogP contribution in [0.25, 0.3) is 22.6 Å². The predicted molar refractivity (Wildman–Crippen MR) is 262 cm³/mol. The Balaban J connectivity index is 1.27. The molecule has 0 bridgehead atoms. The van der Waals surface area contributed by atoms with E-state index in [4.69, 9.17) is 18.3 Å². The summed E-state index contributed by atoms with van der Waals surface area (Å²) in [6.07, 6.45) is 6.76. The Hall–Kier alpha value is -7.32. The molecule has 6 amide bonds. The van der Waals surface area contributed by atoms with E-state index in [0.717, 1.165) is 38.5 Å². The fourth-order valence-electron chi connectivity index (χ4n) is 8.23. The average molecular weight is 1000 g/mol. The molecule has 0 radical (unpaired) electrons. The first-order valence-corrected chi connectivity index (χ1v) is 24.5. The van der Waals surface area contributed by atoms with E-state index in [1.165, 1.54) is 12.1 Å². The Morgan fingerprint density at radius 1 is 0.597 bits per heavy atom. The molecule has 2 heterocycles. The standard InChI is InChI=1S/C52H68N6O14/c1-6-11-13-15-38(40(8-3)57(67)32-59)49(63)53-30-55-51(65)44-25-23-42(70-44)35-19-17-34(18-20-35)27-47(61)72-48(62)29-37-22-21-36(28-46(37)69-10-5)43-24-26-45(71-43)52(66)56-31-54-50(64)39(16-14-12-7-2)41(9-4)58(68)33-60/h17-26,28,32-33,38-41,67-68H,6-16,27,29-31H2,1-5H3,(H,53,63)(H,54,64)(H,55,65)(H,56,66)/t38-,39-,40-,41-/m1/s1. The third-order valence-corrected chi connectivity index (χ3v) is 12.1. The summed E-state index contributed by atoms with van der Waals surface area (Å²) >= 11 is 0. The Labute approximate surface area is 419 Å². The molecule has 20 heteroatoms. The number of carbonyl (C=O) groups is 8. The number of hydroxylamine groups is 4. The molecule has 0 unspecified atom stereocenters. The molecule has 4 aromatic rings. The third kappa shape index (κ3) is 16.9. The fraction of sp³-hybridized carbons (Fsp3) is 0.462. The first kappa shape index (κ1) is 57.3. The van der Waals surface area contributed by atoms with E-state index in [1.54, 1.807) is 75.4 Å². The number of hydrogen-bond donors (Lipinski definition) is 6. The van der Waals surface area contributed by atoms with Gasteiger partial charge in [-0.15, -0.1) is 0 Å². The zero-order valence-electron chi connectivity index (χ0n) is 41.6. The summed E-state index contributed by atoms with van der Waals surface area (Å²) in [5, 5.41) is 31.7. The van der Waals surface area contributed by atoms with E-state index in [2.05, 4.69) is 21.3 Å². The number of benzene rings is 2. The van der Waals surface area contributed by atoms with Gasteiger partial charge in [0, 0.05) is 16.7 Å². The van der Waals surface area contributed by atoms with E-state index in [0.29, 0.717) is 75.3 Å². The predicted octanol–water partition coefficient (Wildman–Crippen LogP) is 6.71. The van der Waals surface area contributed by atoms with Crippen molar-refractivity contribution in [2.45, 2.75) is 124 Å². The topological polar surface area (TPSA) is 276 Å². The van der Waals surface area contributed by atoms with E-state index in [9.17, 15) is 48.8 Å². The number of furan rings is 2. The Kier molecular flexibility index (Phi) is 23.7. The monoisotopic (exact) mass is 1000 g/mol. The van der Waals surface area contributed by atoms with Crippen LogP contribution in [-0.4, -0.2) is 101 Å². The molecule has 72 heavy (non-hydrogen) atoms. The van der Waals surface area contributed by atoms with Crippen LogP contribution in [0.3, 0.4) is 0 Å². The van der Waals surface area contributed by atoms with E-state index < -0.39 is 59.5 Å². The summed E-state index contributed by atoms with van der Waals surface area (Å²) in [7, 11) is 0. The van der Waals surface area contributed by atoms with Crippen LogP contribution in [0.1, 0.15) is 131 Å². The van der Waals surface area contributed by atoms with Crippen molar-refractivity contribution in [3.63, 3.8) is 0 Å². The van der Waals surface area contributed by atoms with E-state index >= 15 is 0 Å². The second-order valence-corrected chi connectivity index (χ2v) is 17.1. The molecule has 4 rings (SSSR count). The molecule has 4 atom stereocenters. The molecular formula is C52H68N6O14. The van der Waals surface area contributed by atoms with Gasteiger partial charge >= 0.3 is 11.9 Å². The van der Waals surface area contributed by atoms with Gasteiger partial charge in [-0.25, -0.2) is 10.1 Å². The van der Waals surface area contributed by atoms with Gasteiger partial charge in [-0.1, -0.05) is 103 Å². The second kappa shape index (κ2) is 29.8. The minimum Gasteiger partial charge on any atom is -0.494 e. The van der Waals surface area contributed by atoms with Gasteiger partial charge in [0.15, 0.2) is 11.5 Å². The lowest BCUT2D eigenvalue weighted by Gasteiger charge is -2.29. The first-order chi connectivity index (χ1) is 34.7. The molecule has 0 aliphatic heterocycles. The van der Waals surface area contributed by atoms with Crippen LogP contribution >= 0.6 is 0 Å². The maximum atomic E-state index is 13.1. The zero-order chi connectivity index (χ0) is 52.6. The number of nitrogens with one attached hydrogen (secondary N) is 4.